The first kappa shape index (κ1) is 11.6. The summed E-state index contributed by atoms with van der Waals surface area (Å²) in [6, 6.07) is 3.50. The molecular formula is C10H11BrN2O2S. The number of halogens is 1. The van der Waals surface area contributed by atoms with Crippen molar-refractivity contribution in [3.8, 4) is 0 Å². The molecule has 1 aliphatic rings. The average molecular weight is 303 g/mol. The van der Waals surface area contributed by atoms with Crippen molar-refractivity contribution >= 4 is 39.1 Å². The zero-order valence-corrected chi connectivity index (χ0v) is 11.0. The van der Waals surface area contributed by atoms with Gasteiger partial charge in [0, 0.05) is 5.92 Å². The van der Waals surface area contributed by atoms with E-state index in [1.807, 2.05) is 6.92 Å². The molecule has 1 aromatic rings. The highest BCUT2D eigenvalue weighted by Crippen LogP contribution is 2.37. The Morgan fingerprint density at radius 2 is 2.12 bits per heavy atom. The lowest BCUT2D eigenvalue weighted by Crippen LogP contribution is -2.42. The molecule has 2 rings (SSSR count). The molecule has 0 aliphatic heterocycles. The number of carbonyl (C=O) groups excluding carboxylic acids is 2. The van der Waals surface area contributed by atoms with Crippen LogP contribution >= 0.6 is 27.3 Å². The van der Waals surface area contributed by atoms with Crippen molar-refractivity contribution < 1.29 is 9.59 Å². The molecule has 2 unspecified atom stereocenters. The molecule has 1 heterocycles. The molecule has 0 aromatic carbocycles. The van der Waals surface area contributed by atoms with E-state index in [4.69, 9.17) is 0 Å². The molecule has 2 atom stereocenters. The van der Waals surface area contributed by atoms with Crippen LogP contribution < -0.4 is 10.9 Å². The second-order valence-electron chi connectivity index (χ2n) is 3.87. The summed E-state index contributed by atoms with van der Waals surface area (Å²) < 4.78 is 0.889. The van der Waals surface area contributed by atoms with Crippen molar-refractivity contribution in [2.24, 2.45) is 11.8 Å². The quantitative estimate of drug-likeness (QED) is 0.820. The second-order valence-corrected chi connectivity index (χ2v) is 6.33. The number of hydrogen-bond donors (Lipinski definition) is 2. The molecule has 2 N–H and O–H groups in total. The van der Waals surface area contributed by atoms with E-state index >= 15 is 0 Å². The summed E-state index contributed by atoms with van der Waals surface area (Å²) in [5.74, 6) is 0.122. The Morgan fingerprint density at radius 3 is 2.62 bits per heavy atom. The molecule has 0 saturated heterocycles. The Labute approximate surface area is 106 Å². The van der Waals surface area contributed by atoms with Crippen LogP contribution in [0.5, 0.6) is 0 Å². The topological polar surface area (TPSA) is 58.2 Å². The number of thiophene rings is 1. The van der Waals surface area contributed by atoms with Crippen LogP contribution in [0.15, 0.2) is 15.9 Å². The van der Waals surface area contributed by atoms with Gasteiger partial charge in [-0.2, -0.15) is 0 Å². The third-order valence-corrected chi connectivity index (χ3v) is 4.16. The van der Waals surface area contributed by atoms with E-state index in [0.717, 1.165) is 10.2 Å². The maximum Gasteiger partial charge on any atom is 0.279 e. The summed E-state index contributed by atoms with van der Waals surface area (Å²) >= 11 is 4.60. The summed E-state index contributed by atoms with van der Waals surface area (Å²) in [6.07, 6.45) is 0.909. The molecular weight excluding hydrogens is 292 g/mol. The molecule has 1 aromatic heterocycles. The van der Waals surface area contributed by atoms with E-state index < -0.39 is 0 Å². The van der Waals surface area contributed by atoms with E-state index in [0.29, 0.717) is 10.8 Å². The highest BCUT2D eigenvalue weighted by Gasteiger charge is 2.39. The predicted molar refractivity (Wildman–Crippen MR) is 64.9 cm³/mol. The monoisotopic (exact) mass is 302 g/mol. The first-order chi connectivity index (χ1) is 7.58. The van der Waals surface area contributed by atoms with E-state index in [-0.39, 0.29) is 17.7 Å². The van der Waals surface area contributed by atoms with Crippen molar-refractivity contribution in [3.63, 3.8) is 0 Å². The van der Waals surface area contributed by atoms with Gasteiger partial charge in [0.15, 0.2) is 0 Å². The largest absolute Gasteiger partial charge is 0.279 e. The Morgan fingerprint density at radius 1 is 1.44 bits per heavy atom. The first-order valence-electron chi connectivity index (χ1n) is 4.93. The van der Waals surface area contributed by atoms with Crippen LogP contribution in [0.2, 0.25) is 0 Å². The Hall–Kier alpha value is -0.880. The van der Waals surface area contributed by atoms with E-state index in [9.17, 15) is 9.59 Å². The smallest absolute Gasteiger partial charge is 0.273 e. The minimum absolute atomic E-state index is 0.0652. The third kappa shape index (κ3) is 2.62. The summed E-state index contributed by atoms with van der Waals surface area (Å²) in [7, 11) is 0. The van der Waals surface area contributed by atoms with Crippen molar-refractivity contribution in [3.05, 3.63) is 20.8 Å². The van der Waals surface area contributed by atoms with Gasteiger partial charge in [-0.3, -0.25) is 20.4 Å². The second kappa shape index (κ2) is 4.55. The van der Waals surface area contributed by atoms with Gasteiger partial charge in [0.1, 0.15) is 0 Å². The van der Waals surface area contributed by atoms with Gasteiger partial charge in [-0.15, -0.1) is 11.3 Å². The van der Waals surface area contributed by atoms with Crippen molar-refractivity contribution in [1.82, 2.24) is 10.9 Å². The fourth-order valence-corrected chi connectivity index (χ4v) is 2.68. The highest BCUT2D eigenvalue weighted by atomic mass is 79.9. The molecule has 86 valence electrons. The van der Waals surface area contributed by atoms with Crippen LogP contribution in [-0.4, -0.2) is 11.8 Å². The summed E-state index contributed by atoms with van der Waals surface area (Å²) in [5.41, 5.74) is 4.84. The molecule has 1 aliphatic carbocycles. The van der Waals surface area contributed by atoms with E-state index in [2.05, 4.69) is 26.8 Å². The van der Waals surface area contributed by atoms with Crippen molar-refractivity contribution in [1.29, 1.82) is 0 Å². The first-order valence-corrected chi connectivity index (χ1v) is 6.54. The lowest BCUT2D eigenvalue weighted by atomic mass is 10.3. The van der Waals surface area contributed by atoms with Gasteiger partial charge in [-0.1, -0.05) is 6.92 Å². The maximum absolute atomic E-state index is 11.6. The van der Waals surface area contributed by atoms with Crippen LogP contribution in [0.4, 0.5) is 0 Å². The van der Waals surface area contributed by atoms with Gasteiger partial charge >= 0.3 is 0 Å². The van der Waals surface area contributed by atoms with Crippen molar-refractivity contribution in [2.75, 3.05) is 0 Å². The van der Waals surface area contributed by atoms with Crippen LogP contribution in [0, 0.1) is 11.8 Å². The van der Waals surface area contributed by atoms with Crippen LogP contribution in [-0.2, 0) is 4.79 Å². The van der Waals surface area contributed by atoms with Gasteiger partial charge in [0.25, 0.3) is 5.91 Å². The van der Waals surface area contributed by atoms with Crippen LogP contribution in [0.1, 0.15) is 23.0 Å². The summed E-state index contributed by atoms with van der Waals surface area (Å²) in [5, 5.41) is 0. The lowest BCUT2D eigenvalue weighted by molar-refractivity contribution is -0.123. The molecule has 0 radical (unpaired) electrons. The molecule has 1 fully saturated rings. The number of hydrazine groups is 1. The van der Waals surface area contributed by atoms with Crippen LogP contribution in [0.25, 0.3) is 0 Å². The molecule has 2 amide bonds. The fourth-order valence-electron chi connectivity index (χ4n) is 1.40. The van der Waals surface area contributed by atoms with Gasteiger partial charge < -0.3 is 0 Å². The predicted octanol–water partition coefficient (Wildman–Crippen LogP) is 1.93. The summed E-state index contributed by atoms with van der Waals surface area (Å²) in [6.45, 7) is 2.02. The molecule has 0 spiro atoms. The normalized spacial score (nSPS) is 22.6. The Balaban J connectivity index is 1.82. The van der Waals surface area contributed by atoms with Gasteiger partial charge in [0.05, 0.1) is 8.66 Å². The number of amides is 2. The standard InChI is InChI=1S/C10H11BrN2O2S/c1-5-4-6(5)9(14)12-13-10(15)7-2-3-8(11)16-7/h2-3,5-6H,4H2,1H3,(H,12,14)(H,13,15). The van der Waals surface area contributed by atoms with Crippen LogP contribution in [0.3, 0.4) is 0 Å². The summed E-state index contributed by atoms with van der Waals surface area (Å²) in [4.78, 5) is 23.5. The van der Waals surface area contributed by atoms with Gasteiger partial charge in [0.2, 0.25) is 5.91 Å². The molecule has 4 nitrogen and oxygen atoms in total. The van der Waals surface area contributed by atoms with E-state index in [1.54, 1.807) is 12.1 Å². The molecule has 0 bridgehead atoms. The molecule has 16 heavy (non-hydrogen) atoms. The molecule has 6 heteroatoms. The van der Waals surface area contributed by atoms with Gasteiger partial charge in [-0.05, 0) is 40.4 Å². The van der Waals surface area contributed by atoms with Crippen molar-refractivity contribution in [2.45, 2.75) is 13.3 Å². The number of rotatable bonds is 2. The lowest BCUT2D eigenvalue weighted by Gasteiger charge is -2.04. The van der Waals surface area contributed by atoms with E-state index in [1.165, 1.54) is 11.3 Å². The average Bonchev–Trinajstić information content (AvgIpc) is 2.81. The Bertz CT molecular complexity index is 432. The third-order valence-electron chi connectivity index (χ3n) is 2.54. The number of hydrogen-bond acceptors (Lipinski definition) is 3. The zero-order chi connectivity index (χ0) is 11.7. The fraction of sp³-hybridized carbons (Fsp3) is 0.400. The minimum atomic E-state index is -0.280. The number of carbonyl (C=O) groups is 2. The highest BCUT2D eigenvalue weighted by molar-refractivity contribution is 9.11. The minimum Gasteiger partial charge on any atom is -0.273 e. The molecule has 1 saturated carbocycles. The zero-order valence-electron chi connectivity index (χ0n) is 8.62. The maximum atomic E-state index is 11.6. The number of nitrogens with one attached hydrogen (secondary N) is 2. The SMILES string of the molecule is CC1CC1C(=O)NNC(=O)c1ccc(Br)s1. The Kier molecular flexibility index (Phi) is 3.30. The van der Waals surface area contributed by atoms with Gasteiger partial charge in [-0.25, -0.2) is 0 Å².